The molecule has 0 aliphatic rings. The third kappa shape index (κ3) is 2.84. The van der Waals surface area contributed by atoms with Gasteiger partial charge in [0.25, 0.3) is 0 Å². The highest BCUT2D eigenvalue weighted by atomic mass is 28.4. The summed E-state index contributed by atoms with van der Waals surface area (Å²) in [5.41, 5.74) is 3.31. The molecule has 1 aromatic carbocycles. The van der Waals surface area contributed by atoms with Gasteiger partial charge in [0.15, 0.2) is 0 Å². The van der Waals surface area contributed by atoms with E-state index < -0.39 is 8.32 Å². The molecule has 0 heterocycles. The van der Waals surface area contributed by atoms with Crippen LogP contribution in [-0.4, -0.2) is 29.6 Å². The second-order valence-electron chi connectivity index (χ2n) is 5.73. The van der Waals surface area contributed by atoms with Gasteiger partial charge in [-0.15, -0.1) is 0 Å². The van der Waals surface area contributed by atoms with E-state index in [2.05, 4.69) is 0 Å². The summed E-state index contributed by atoms with van der Waals surface area (Å²) in [6.07, 6.45) is 0. The van der Waals surface area contributed by atoms with Crippen molar-refractivity contribution in [3.8, 4) is 5.75 Å². The fraction of sp³-hybridized carbons (Fsp3) is 0.462. The molecule has 0 aliphatic carbocycles. The van der Waals surface area contributed by atoms with Crippen molar-refractivity contribution in [1.29, 1.82) is 0 Å². The minimum Gasteiger partial charge on any atom is -0.516 e. The fourth-order valence-corrected chi connectivity index (χ4v) is 3.35. The number of benzene rings is 1. The van der Waals surface area contributed by atoms with Gasteiger partial charge in [-0.1, -0.05) is 0 Å². The Labute approximate surface area is 113 Å². The van der Waals surface area contributed by atoms with E-state index in [1.165, 1.54) is 0 Å². The standard InChI is InChI=1S/C13H22O3Si2/c1-7-8(2)11(14)10(12(17)9(7)3)13(15)16-18(4,5)6/h14H,1-6,17H3. The third-order valence-corrected chi connectivity index (χ3v) is 5.31. The quantitative estimate of drug-likeness (QED) is 0.832. The summed E-state index contributed by atoms with van der Waals surface area (Å²) in [5.74, 6) is -0.283. The van der Waals surface area contributed by atoms with Crippen molar-refractivity contribution >= 4 is 29.7 Å². The van der Waals surface area contributed by atoms with Crippen LogP contribution in [0, 0.1) is 20.8 Å². The summed E-state index contributed by atoms with van der Waals surface area (Å²) < 4.78 is 5.50. The Bertz CT molecular complexity index is 473. The topological polar surface area (TPSA) is 46.5 Å². The van der Waals surface area contributed by atoms with Crippen LogP contribution in [0.5, 0.6) is 5.75 Å². The Morgan fingerprint density at radius 2 is 1.61 bits per heavy atom. The van der Waals surface area contributed by atoms with Crippen LogP contribution < -0.4 is 5.19 Å². The van der Waals surface area contributed by atoms with Crippen molar-refractivity contribution in [3.63, 3.8) is 0 Å². The van der Waals surface area contributed by atoms with Crippen LogP contribution >= 0.6 is 0 Å². The molecule has 100 valence electrons. The average molecular weight is 282 g/mol. The summed E-state index contributed by atoms with van der Waals surface area (Å²) in [6.45, 7) is 11.7. The molecule has 0 saturated heterocycles. The Balaban J connectivity index is 3.38. The van der Waals surface area contributed by atoms with Crippen molar-refractivity contribution in [3.05, 3.63) is 22.3 Å². The summed E-state index contributed by atoms with van der Waals surface area (Å²) in [4.78, 5) is 12.2. The molecule has 1 rings (SSSR count). The van der Waals surface area contributed by atoms with Crippen LogP contribution in [0.4, 0.5) is 0 Å². The molecular formula is C13H22O3Si2. The molecule has 1 aromatic rings. The zero-order chi connectivity index (χ0) is 14.2. The second kappa shape index (κ2) is 4.89. The van der Waals surface area contributed by atoms with Crippen LogP contribution in [0.15, 0.2) is 0 Å². The minimum absolute atomic E-state index is 0.0892. The van der Waals surface area contributed by atoms with E-state index in [1.807, 2.05) is 40.4 Å². The first-order valence-electron chi connectivity index (χ1n) is 6.09. The number of aromatic hydroxyl groups is 1. The Morgan fingerprint density at radius 1 is 1.11 bits per heavy atom. The zero-order valence-electron chi connectivity index (χ0n) is 12.3. The zero-order valence-corrected chi connectivity index (χ0v) is 15.3. The first kappa shape index (κ1) is 15.0. The molecule has 0 bridgehead atoms. The minimum atomic E-state index is -1.94. The SMILES string of the molecule is Cc1c(C)c(O)c(C(=O)O[Si](C)(C)C)c([SiH3])c1C. The van der Waals surface area contributed by atoms with Gasteiger partial charge >= 0.3 is 5.97 Å². The molecule has 0 amide bonds. The van der Waals surface area contributed by atoms with Gasteiger partial charge in [0.1, 0.15) is 5.75 Å². The Hall–Kier alpha value is -1.08. The number of hydrogen-bond donors (Lipinski definition) is 1. The molecule has 0 aromatic heterocycles. The number of rotatable bonds is 2. The summed E-state index contributed by atoms with van der Waals surface area (Å²) in [6, 6.07) is 0. The lowest BCUT2D eigenvalue weighted by Crippen LogP contribution is -2.32. The van der Waals surface area contributed by atoms with Crippen LogP contribution in [0.2, 0.25) is 19.6 Å². The van der Waals surface area contributed by atoms with Crippen LogP contribution in [-0.2, 0) is 4.43 Å². The second-order valence-corrected chi connectivity index (χ2v) is 11.2. The molecule has 0 saturated carbocycles. The maximum absolute atomic E-state index is 12.2. The lowest BCUT2D eigenvalue weighted by Gasteiger charge is -2.21. The number of carbonyl (C=O) groups is 1. The summed E-state index contributed by atoms with van der Waals surface area (Å²) in [7, 11) is -1.23. The lowest BCUT2D eigenvalue weighted by molar-refractivity contribution is 0.0723. The van der Waals surface area contributed by atoms with E-state index in [9.17, 15) is 9.90 Å². The molecule has 18 heavy (non-hydrogen) atoms. The van der Waals surface area contributed by atoms with Crippen molar-refractivity contribution < 1.29 is 14.3 Å². The van der Waals surface area contributed by atoms with Gasteiger partial charge in [0.05, 0.1) is 5.56 Å². The molecule has 5 heteroatoms. The highest BCUT2D eigenvalue weighted by Gasteiger charge is 2.26. The van der Waals surface area contributed by atoms with E-state index in [0.29, 0.717) is 15.8 Å². The fourth-order valence-electron chi connectivity index (χ4n) is 1.87. The van der Waals surface area contributed by atoms with Crippen LogP contribution in [0.1, 0.15) is 27.0 Å². The monoisotopic (exact) mass is 282 g/mol. The maximum Gasteiger partial charge on any atom is 0.328 e. The Morgan fingerprint density at radius 3 is 2.06 bits per heavy atom. The van der Waals surface area contributed by atoms with E-state index in [0.717, 1.165) is 21.9 Å². The van der Waals surface area contributed by atoms with Gasteiger partial charge in [0, 0.05) is 10.2 Å². The largest absolute Gasteiger partial charge is 0.516 e. The van der Waals surface area contributed by atoms with Crippen molar-refractivity contribution in [2.45, 2.75) is 40.4 Å². The molecule has 3 nitrogen and oxygen atoms in total. The highest BCUT2D eigenvalue weighted by Crippen LogP contribution is 2.27. The number of phenolic OH excluding ortho intramolecular Hbond substituents is 1. The highest BCUT2D eigenvalue weighted by molar-refractivity contribution is 6.71. The number of hydrogen-bond acceptors (Lipinski definition) is 3. The van der Waals surface area contributed by atoms with Gasteiger partial charge in [-0.2, -0.15) is 0 Å². The van der Waals surface area contributed by atoms with E-state index in [-0.39, 0.29) is 11.7 Å². The molecule has 0 radical (unpaired) electrons. The van der Waals surface area contributed by atoms with Crippen LogP contribution in [0.25, 0.3) is 0 Å². The first-order valence-corrected chi connectivity index (χ1v) is 10.5. The van der Waals surface area contributed by atoms with Gasteiger partial charge in [-0.25, -0.2) is 4.79 Å². The van der Waals surface area contributed by atoms with E-state index >= 15 is 0 Å². The predicted octanol–water partition coefficient (Wildman–Crippen LogP) is 1.30. The van der Waals surface area contributed by atoms with Crippen molar-refractivity contribution in [2.75, 3.05) is 0 Å². The summed E-state index contributed by atoms with van der Waals surface area (Å²) >= 11 is 0. The molecule has 0 atom stereocenters. The molecule has 0 fully saturated rings. The van der Waals surface area contributed by atoms with Crippen molar-refractivity contribution in [1.82, 2.24) is 0 Å². The van der Waals surface area contributed by atoms with Crippen molar-refractivity contribution in [2.24, 2.45) is 0 Å². The summed E-state index contributed by atoms with van der Waals surface area (Å²) in [5, 5.41) is 11.1. The maximum atomic E-state index is 12.2. The third-order valence-electron chi connectivity index (χ3n) is 3.26. The van der Waals surface area contributed by atoms with Gasteiger partial charge in [0.2, 0.25) is 8.32 Å². The van der Waals surface area contributed by atoms with Crippen LogP contribution in [0.3, 0.4) is 0 Å². The smallest absolute Gasteiger partial charge is 0.328 e. The normalized spacial score (nSPS) is 11.7. The first-order chi connectivity index (χ1) is 8.06. The molecule has 0 spiro atoms. The lowest BCUT2D eigenvalue weighted by atomic mass is 9.99. The van der Waals surface area contributed by atoms with Gasteiger partial charge < -0.3 is 9.53 Å². The molecule has 1 N–H and O–H groups in total. The molecule has 0 unspecified atom stereocenters. The Kier molecular flexibility index (Phi) is 4.07. The van der Waals surface area contributed by atoms with E-state index in [4.69, 9.17) is 4.43 Å². The van der Waals surface area contributed by atoms with E-state index in [1.54, 1.807) is 0 Å². The molecule has 0 aliphatic heterocycles. The number of phenols is 1. The molecular weight excluding hydrogens is 260 g/mol. The predicted molar refractivity (Wildman–Crippen MR) is 80.7 cm³/mol. The number of carbonyl (C=O) groups excluding carboxylic acids is 1. The average Bonchev–Trinajstić information content (AvgIpc) is 2.21. The van der Waals surface area contributed by atoms with Gasteiger partial charge in [-0.05, 0) is 62.3 Å². The van der Waals surface area contributed by atoms with Gasteiger partial charge in [-0.3, -0.25) is 0 Å².